The number of rotatable bonds is 7. The van der Waals surface area contributed by atoms with Crippen molar-refractivity contribution >= 4 is 34.9 Å². The van der Waals surface area contributed by atoms with Crippen LogP contribution in [0.2, 0.25) is 5.02 Å². The van der Waals surface area contributed by atoms with E-state index < -0.39 is 5.41 Å². The quantitative estimate of drug-likeness (QED) is 0.565. The van der Waals surface area contributed by atoms with Crippen LogP contribution in [0.3, 0.4) is 0 Å². The van der Waals surface area contributed by atoms with E-state index >= 15 is 0 Å². The second-order valence-electron chi connectivity index (χ2n) is 6.81. The van der Waals surface area contributed by atoms with Crippen molar-refractivity contribution in [1.29, 1.82) is 0 Å². The summed E-state index contributed by atoms with van der Waals surface area (Å²) in [5.74, 6) is -0.656. The van der Waals surface area contributed by atoms with Crippen LogP contribution in [0.5, 0.6) is 0 Å². The maximum Gasteiger partial charge on any atom is 0.240 e. The van der Waals surface area contributed by atoms with E-state index in [1.54, 1.807) is 24.3 Å². The van der Waals surface area contributed by atoms with Crippen molar-refractivity contribution in [2.45, 2.75) is 26.2 Å². The van der Waals surface area contributed by atoms with Gasteiger partial charge in [0, 0.05) is 22.8 Å². The lowest BCUT2D eigenvalue weighted by Crippen LogP contribution is -2.40. The van der Waals surface area contributed by atoms with Gasteiger partial charge in [0.25, 0.3) is 0 Å². The number of hydrogen-bond donors (Lipinski definition) is 2. The van der Waals surface area contributed by atoms with E-state index in [1.807, 2.05) is 24.3 Å². The van der Waals surface area contributed by atoms with Crippen molar-refractivity contribution in [1.82, 2.24) is 5.32 Å². The Labute approximate surface area is 163 Å². The highest BCUT2D eigenvalue weighted by molar-refractivity contribution is 6.30. The number of anilines is 1. The van der Waals surface area contributed by atoms with Crippen molar-refractivity contribution in [3.63, 3.8) is 0 Å². The Balaban J connectivity index is 1.56. The zero-order chi connectivity index (χ0) is 19.4. The molecule has 0 saturated heterocycles. The average Bonchev–Trinajstić information content (AvgIpc) is 3.45. The minimum Gasteiger partial charge on any atom is -0.355 e. The molecule has 6 heteroatoms. The van der Waals surface area contributed by atoms with Gasteiger partial charge in [-0.3, -0.25) is 14.4 Å². The van der Waals surface area contributed by atoms with Gasteiger partial charge in [-0.15, -0.1) is 0 Å². The van der Waals surface area contributed by atoms with E-state index in [-0.39, 0.29) is 17.6 Å². The van der Waals surface area contributed by atoms with Gasteiger partial charge in [0.15, 0.2) is 5.78 Å². The van der Waals surface area contributed by atoms with Gasteiger partial charge in [-0.05, 0) is 56.0 Å². The molecular weight excluding hydrogens is 364 g/mol. The molecule has 5 nitrogen and oxygen atoms in total. The third-order valence-electron chi connectivity index (χ3n) is 4.76. The minimum atomic E-state index is -1.01. The molecule has 2 amide bonds. The molecule has 0 unspecified atom stereocenters. The topological polar surface area (TPSA) is 75.3 Å². The molecule has 27 heavy (non-hydrogen) atoms. The largest absolute Gasteiger partial charge is 0.355 e. The molecule has 1 saturated carbocycles. The van der Waals surface area contributed by atoms with Crippen molar-refractivity contribution < 1.29 is 14.4 Å². The lowest BCUT2D eigenvalue weighted by Gasteiger charge is -2.16. The normalized spacial score (nSPS) is 14.3. The van der Waals surface area contributed by atoms with Gasteiger partial charge in [-0.1, -0.05) is 35.9 Å². The van der Waals surface area contributed by atoms with Crippen LogP contribution >= 0.6 is 11.6 Å². The lowest BCUT2D eigenvalue weighted by atomic mass is 10.0. The van der Waals surface area contributed by atoms with Crippen molar-refractivity contribution in [2.75, 3.05) is 11.9 Å². The maximum atomic E-state index is 12.6. The van der Waals surface area contributed by atoms with E-state index in [1.165, 1.54) is 6.92 Å². The minimum absolute atomic E-state index is 0.0767. The number of Topliss-reactive ketones (excluding diaryl/α,β-unsaturated/α-hetero) is 1. The van der Waals surface area contributed by atoms with E-state index in [4.69, 9.17) is 11.6 Å². The molecule has 0 aromatic heterocycles. The molecule has 140 valence electrons. The summed E-state index contributed by atoms with van der Waals surface area (Å²) in [6, 6.07) is 14.2. The van der Waals surface area contributed by atoms with Crippen molar-refractivity contribution in [2.24, 2.45) is 5.41 Å². The Hall–Kier alpha value is -2.66. The van der Waals surface area contributed by atoms with Gasteiger partial charge in [0.1, 0.15) is 5.41 Å². The molecule has 2 N–H and O–H groups in total. The average molecular weight is 385 g/mol. The van der Waals surface area contributed by atoms with Crippen LogP contribution in [-0.2, 0) is 16.0 Å². The van der Waals surface area contributed by atoms with E-state index in [2.05, 4.69) is 10.6 Å². The molecule has 2 aromatic carbocycles. The number of hydrogen-bond acceptors (Lipinski definition) is 3. The molecule has 0 atom stereocenters. The van der Waals surface area contributed by atoms with Crippen LogP contribution in [0, 0.1) is 5.41 Å². The fourth-order valence-electron chi connectivity index (χ4n) is 2.89. The number of ketones is 1. The summed E-state index contributed by atoms with van der Waals surface area (Å²) >= 11 is 5.86. The van der Waals surface area contributed by atoms with Crippen LogP contribution in [0.4, 0.5) is 5.69 Å². The summed E-state index contributed by atoms with van der Waals surface area (Å²) in [4.78, 5) is 36.6. The third kappa shape index (κ3) is 4.55. The highest BCUT2D eigenvalue weighted by Crippen LogP contribution is 2.46. The Morgan fingerprint density at radius 3 is 2.37 bits per heavy atom. The fraction of sp³-hybridized carbons (Fsp3) is 0.286. The first-order valence-electron chi connectivity index (χ1n) is 8.86. The Morgan fingerprint density at radius 2 is 1.74 bits per heavy atom. The fourth-order valence-corrected chi connectivity index (χ4v) is 3.02. The molecule has 1 fully saturated rings. The van der Waals surface area contributed by atoms with E-state index in [9.17, 15) is 14.4 Å². The second kappa shape index (κ2) is 7.92. The molecule has 0 radical (unpaired) electrons. The van der Waals surface area contributed by atoms with Gasteiger partial charge in [-0.25, -0.2) is 0 Å². The SMILES string of the molecule is CC(=O)c1cccc(NC(=O)C2(C(=O)NCCc3ccc(Cl)cc3)CC2)c1. The predicted octanol–water partition coefficient (Wildman–Crippen LogP) is 3.62. The lowest BCUT2D eigenvalue weighted by molar-refractivity contribution is -0.134. The van der Waals surface area contributed by atoms with Gasteiger partial charge in [0.2, 0.25) is 11.8 Å². The first-order chi connectivity index (χ1) is 12.9. The summed E-state index contributed by atoms with van der Waals surface area (Å²) in [6.45, 7) is 1.92. The third-order valence-corrected chi connectivity index (χ3v) is 5.01. The number of amides is 2. The molecular formula is C21H21ClN2O3. The smallest absolute Gasteiger partial charge is 0.240 e. The highest BCUT2D eigenvalue weighted by atomic mass is 35.5. The van der Waals surface area contributed by atoms with Crippen LogP contribution < -0.4 is 10.6 Å². The standard InChI is InChI=1S/C21H21ClN2O3/c1-14(25)16-3-2-4-18(13-16)24-20(27)21(10-11-21)19(26)23-12-9-15-5-7-17(22)8-6-15/h2-8,13H,9-12H2,1H3,(H,23,26)(H,24,27). The first-order valence-corrected chi connectivity index (χ1v) is 9.24. The first kappa shape index (κ1) is 19.1. The van der Waals surface area contributed by atoms with E-state index in [0.717, 1.165) is 5.56 Å². The summed E-state index contributed by atoms with van der Waals surface area (Å²) in [7, 11) is 0. The predicted molar refractivity (Wildman–Crippen MR) is 105 cm³/mol. The molecule has 0 bridgehead atoms. The molecule has 0 spiro atoms. The molecule has 3 rings (SSSR count). The zero-order valence-electron chi connectivity index (χ0n) is 15.0. The Kier molecular flexibility index (Phi) is 5.61. The van der Waals surface area contributed by atoms with Crippen LogP contribution in [0.25, 0.3) is 0 Å². The van der Waals surface area contributed by atoms with E-state index in [0.29, 0.717) is 42.1 Å². The Morgan fingerprint density at radius 1 is 1.04 bits per heavy atom. The molecule has 1 aliphatic carbocycles. The Bertz CT molecular complexity index is 873. The zero-order valence-corrected chi connectivity index (χ0v) is 15.8. The number of halogens is 1. The summed E-state index contributed by atoms with van der Waals surface area (Å²) in [6.07, 6.45) is 1.72. The number of benzene rings is 2. The van der Waals surface area contributed by atoms with Crippen molar-refractivity contribution in [3.8, 4) is 0 Å². The summed E-state index contributed by atoms with van der Waals surface area (Å²) in [5, 5.41) is 6.30. The van der Waals surface area contributed by atoms with Gasteiger partial charge < -0.3 is 10.6 Å². The number of carbonyl (C=O) groups is 3. The summed E-state index contributed by atoms with van der Waals surface area (Å²) < 4.78 is 0. The number of nitrogens with one attached hydrogen (secondary N) is 2. The second-order valence-corrected chi connectivity index (χ2v) is 7.24. The molecule has 1 aliphatic rings. The highest BCUT2D eigenvalue weighted by Gasteiger charge is 2.56. The van der Waals surface area contributed by atoms with Gasteiger partial charge in [0.05, 0.1) is 0 Å². The van der Waals surface area contributed by atoms with Crippen LogP contribution in [0.1, 0.15) is 35.7 Å². The van der Waals surface area contributed by atoms with Gasteiger partial charge >= 0.3 is 0 Å². The van der Waals surface area contributed by atoms with Crippen LogP contribution in [0.15, 0.2) is 48.5 Å². The maximum absolute atomic E-state index is 12.6. The molecule has 2 aromatic rings. The number of carbonyl (C=O) groups excluding carboxylic acids is 3. The molecule has 0 aliphatic heterocycles. The van der Waals surface area contributed by atoms with Crippen LogP contribution in [-0.4, -0.2) is 24.1 Å². The monoisotopic (exact) mass is 384 g/mol. The molecule has 0 heterocycles. The van der Waals surface area contributed by atoms with Crippen molar-refractivity contribution in [3.05, 3.63) is 64.7 Å². The summed E-state index contributed by atoms with van der Waals surface area (Å²) in [5.41, 5.74) is 1.10. The van der Waals surface area contributed by atoms with Gasteiger partial charge in [-0.2, -0.15) is 0 Å².